The second-order valence-corrected chi connectivity index (χ2v) is 4.99. The summed E-state index contributed by atoms with van der Waals surface area (Å²) in [6, 6.07) is 6.25. The molecule has 0 atom stereocenters. The molecule has 2 aromatic rings. The number of hydrogen-bond acceptors (Lipinski definition) is 3. The smallest absolute Gasteiger partial charge is 0.264 e. The maximum atomic E-state index is 13.1. The molecule has 0 radical (unpaired) electrons. The Morgan fingerprint density at radius 2 is 2.22 bits per heavy atom. The predicted octanol–water partition coefficient (Wildman–Crippen LogP) is 2.49. The molecule has 0 unspecified atom stereocenters. The number of amides is 1. The van der Waals surface area contributed by atoms with Crippen molar-refractivity contribution in [3.05, 3.63) is 35.0 Å². The topological polar surface area (TPSA) is 40.5 Å². The van der Waals surface area contributed by atoms with Crippen molar-refractivity contribution < 1.29 is 14.3 Å². The number of rotatable bonds is 4. The van der Waals surface area contributed by atoms with Gasteiger partial charge in [0.25, 0.3) is 5.91 Å². The molecule has 0 aliphatic rings. The van der Waals surface area contributed by atoms with Gasteiger partial charge in [-0.2, -0.15) is 0 Å². The Labute approximate surface area is 108 Å². The van der Waals surface area contributed by atoms with Crippen LogP contribution in [0.1, 0.15) is 16.6 Å². The Balaban J connectivity index is 2.32. The normalized spacial score (nSPS) is 10.8. The lowest BCUT2D eigenvalue weighted by Gasteiger charge is -2.18. The Morgan fingerprint density at radius 1 is 1.44 bits per heavy atom. The summed E-state index contributed by atoms with van der Waals surface area (Å²) in [6.07, 6.45) is 0. The molecular weight excluding hydrogens is 253 g/mol. The highest BCUT2D eigenvalue weighted by Gasteiger charge is 2.16. The van der Waals surface area contributed by atoms with E-state index in [2.05, 4.69) is 0 Å². The first-order valence-electron chi connectivity index (χ1n) is 5.75. The fourth-order valence-corrected chi connectivity index (χ4v) is 2.85. The fourth-order valence-electron chi connectivity index (χ4n) is 1.79. The first-order chi connectivity index (χ1) is 8.65. The van der Waals surface area contributed by atoms with Gasteiger partial charge in [-0.25, -0.2) is 4.39 Å². The maximum absolute atomic E-state index is 13.1. The molecular formula is C13H14FNO2S. The van der Waals surface area contributed by atoms with Crippen LogP contribution in [0.15, 0.2) is 24.3 Å². The zero-order valence-corrected chi connectivity index (χ0v) is 10.8. The summed E-state index contributed by atoms with van der Waals surface area (Å²) in [4.78, 5) is 14.3. The molecule has 96 valence electrons. The summed E-state index contributed by atoms with van der Waals surface area (Å²) in [6.45, 7) is 2.67. The van der Waals surface area contributed by atoms with E-state index in [1.54, 1.807) is 17.0 Å². The molecule has 0 aliphatic heterocycles. The molecule has 0 aliphatic carbocycles. The third kappa shape index (κ3) is 2.52. The third-order valence-electron chi connectivity index (χ3n) is 2.73. The number of likely N-dealkylation sites (N-methyl/N-ethyl adjacent to an activating group) is 1. The van der Waals surface area contributed by atoms with Gasteiger partial charge in [-0.15, -0.1) is 11.3 Å². The van der Waals surface area contributed by atoms with Gasteiger partial charge in [-0.1, -0.05) is 6.07 Å². The standard InChI is InChI=1S/C13H14FNO2S/c1-2-15(5-6-16)13(17)12-7-9-3-4-10(14)8-11(9)18-12/h3-4,7-8,16H,2,5-6H2,1H3. The quantitative estimate of drug-likeness (QED) is 0.924. The first-order valence-corrected chi connectivity index (χ1v) is 6.56. The van der Waals surface area contributed by atoms with Gasteiger partial charge in [0.2, 0.25) is 0 Å². The van der Waals surface area contributed by atoms with Crippen molar-refractivity contribution >= 4 is 27.3 Å². The maximum Gasteiger partial charge on any atom is 0.264 e. The van der Waals surface area contributed by atoms with Gasteiger partial charge in [-0.05, 0) is 30.5 Å². The third-order valence-corrected chi connectivity index (χ3v) is 3.82. The zero-order chi connectivity index (χ0) is 13.1. The van der Waals surface area contributed by atoms with Crippen molar-refractivity contribution in [3.63, 3.8) is 0 Å². The van der Waals surface area contributed by atoms with E-state index in [9.17, 15) is 9.18 Å². The van der Waals surface area contributed by atoms with E-state index in [0.717, 1.165) is 10.1 Å². The molecule has 2 rings (SSSR count). The van der Waals surface area contributed by atoms with Crippen molar-refractivity contribution in [3.8, 4) is 0 Å². The van der Waals surface area contributed by atoms with E-state index in [1.807, 2.05) is 6.92 Å². The fraction of sp³-hybridized carbons (Fsp3) is 0.308. The molecule has 1 heterocycles. The highest BCUT2D eigenvalue weighted by atomic mass is 32.1. The number of carbonyl (C=O) groups excluding carboxylic acids is 1. The molecule has 18 heavy (non-hydrogen) atoms. The van der Waals surface area contributed by atoms with E-state index in [4.69, 9.17) is 5.11 Å². The number of carbonyl (C=O) groups is 1. The molecule has 0 saturated carbocycles. The summed E-state index contributed by atoms with van der Waals surface area (Å²) in [5, 5.41) is 9.77. The second-order valence-electron chi connectivity index (χ2n) is 3.90. The van der Waals surface area contributed by atoms with Gasteiger partial charge in [0.05, 0.1) is 11.5 Å². The lowest BCUT2D eigenvalue weighted by atomic mass is 10.2. The van der Waals surface area contributed by atoms with Crippen LogP contribution in [-0.2, 0) is 0 Å². The van der Waals surface area contributed by atoms with E-state index in [0.29, 0.717) is 18.0 Å². The summed E-state index contributed by atoms with van der Waals surface area (Å²) in [5.74, 6) is -0.417. The Hall–Kier alpha value is -1.46. The van der Waals surface area contributed by atoms with Gasteiger partial charge < -0.3 is 10.0 Å². The van der Waals surface area contributed by atoms with Crippen LogP contribution in [0, 0.1) is 5.82 Å². The number of fused-ring (bicyclic) bond motifs is 1. The molecule has 1 aromatic heterocycles. The van der Waals surface area contributed by atoms with Crippen LogP contribution in [0.5, 0.6) is 0 Å². The van der Waals surface area contributed by atoms with Crippen molar-refractivity contribution in [1.82, 2.24) is 4.90 Å². The van der Waals surface area contributed by atoms with E-state index in [1.165, 1.54) is 23.5 Å². The molecule has 0 spiro atoms. The number of aliphatic hydroxyl groups excluding tert-OH is 1. The largest absolute Gasteiger partial charge is 0.395 e. The minimum atomic E-state index is -0.300. The lowest BCUT2D eigenvalue weighted by Crippen LogP contribution is -2.32. The van der Waals surface area contributed by atoms with Crippen LogP contribution in [0.2, 0.25) is 0 Å². The molecule has 0 fully saturated rings. The Morgan fingerprint density at radius 3 is 2.89 bits per heavy atom. The molecule has 0 saturated heterocycles. The summed E-state index contributed by atoms with van der Waals surface area (Å²) >= 11 is 1.28. The Kier molecular flexibility index (Phi) is 3.93. The van der Waals surface area contributed by atoms with Crippen molar-refractivity contribution in [2.75, 3.05) is 19.7 Å². The molecule has 3 nitrogen and oxygen atoms in total. The average molecular weight is 267 g/mol. The number of benzene rings is 1. The van der Waals surface area contributed by atoms with Crippen LogP contribution in [0.25, 0.3) is 10.1 Å². The molecule has 1 amide bonds. The van der Waals surface area contributed by atoms with E-state index >= 15 is 0 Å². The van der Waals surface area contributed by atoms with Gasteiger partial charge in [-0.3, -0.25) is 4.79 Å². The van der Waals surface area contributed by atoms with Crippen molar-refractivity contribution in [1.29, 1.82) is 0 Å². The lowest BCUT2D eigenvalue weighted by molar-refractivity contribution is 0.0737. The van der Waals surface area contributed by atoms with Gasteiger partial charge in [0, 0.05) is 17.8 Å². The van der Waals surface area contributed by atoms with Crippen molar-refractivity contribution in [2.45, 2.75) is 6.92 Å². The molecule has 0 bridgehead atoms. The summed E-state index contributed by atoms with van der Waals surface area (Å²) in [5.41, 5.74) is 0. The highest BCUT2D eigenvalue weighted by molar-refractivity contribution is 7.20. The molecule has 1 N–H and O–H groups in total. The van der Waals surface area contributed by atoms with Crippen LogP contribution >= 0.6 is 11.3 Å². The highest BCUT2D eigenvalue weighted by Crippen LogP contribution is 2.27. The number of thiophene rings is 1. The Bertz CT molecular complexity index is 567. The first kappa shape index (κ1) is 13.0. The summed E-state index contributed by atoms with van der Waals surface area (Å²) < 4.78 is 13.8. The van der Waals surface area contributed by atoms with Gasteiger partial charge in [0.1, 0.15) is 5.82 Å². The predicted molar refractivity (Wildman–Crippen MR) is 70.4 cm³/mol. The average Bonchev–Trinajstić information content (AvgIpc) is 2.77. The van der Waals surface area contributed by atoms with Crippen LogP contribution in [0.3, 0.4) is 0 Å². The minimum absolute atomic E-state index is 0.0564. The monoisotopic (exact) mass is 267 g/mol. The zero-order valence-electron chi connectivity index (χ0n) is 10.0. The van der Waals surface area contributed by atoms with Crippen LogP contribution in [0.4, 0.5) is 4.39 Å². The van der Waals surface area contributed by atoms with Gasteiger partial charge >= 0.3 is 0 Å². The molecule has 5 heteroatoms. The number of nitrogens with zero attached hydrogens (tertiary/aromatic N) is 1. The van der Waals surface area contributed by atoms with E-state index < -0.39 is 0 Å². The number of halogens is 1. The number of hydrogen-bond donors (Lipinski definition) is 1. The minimum Gasteiger partial charge on any atom is -0.395 e. The summed E-state index contributed by atoms with van der Waals surface area (Å²) in [7, 11) is 0. The van der Waals surface area contributed by atoms with Gasteiger partial charge in [0.15, 0.2) is 0 Å². The molecule has 1 aromatic carbocycles. The van der Waals surface area contributed by atoms with Crippen LogP contribution in [-0.4, -0.2) is 35.6 Å². The van der Waals surface area contributed by atoms with E-state index in [-0.39, 0.29) is 18.3 Å². The van der Waals surface area contributed by atoms with Crippen LogP contribution < -0.4 is 0 Å². The van der Waals surface area contributed by atoms with Crippen molar-refractivity contribution in [2.24, 2.45) is 0 Å². The second kappa shape index (κ2) is 5.46. The number of aliphatic hydroxyl groups is 1. The SMILES string of the molecule is CCN(CCO)C(=O)c1cc2ccc(F)cc2s1.